The Morgan fingerprint density at radius 3 is 2.90 bits per heavy atom. The van der Waals surface area contributed by atoms with Crippen LogP contribution in [-0.2, 0) is 4.74 Å². The molecule has 0 saturated carbocycles. The van der Waals surface area contributed by atoms with Gasteiger partial charge >= 0.3 is 6.09 Å². The van der Waals surface area contributed by atoms with E-state index in [1.54, 1.807) is 25.3 Å². The molecule has 0 bridgehead atoms. The molecule has 9 heteroatoms. The van der Waals surface area contributed by atoms with Crippen molar-refractivity contribution in [3.8, 4) is 17.1 Å². The van der Waals surface area contributed by atoms with E-state index in [0.717, 1.165) is 41.4 Å². The van der Waals surface area contributed by atoms with Crippen molar-refractivity contribution in [2.24, 2.45) is 0 Å². The first kappa shape index (κ1) is 19.9. The van der Waals surface area contributed by atoms with E-state index in [1.165, 1.54) is 0 Å². The van der Waals surface area contributed by atoms with E-state index in [2.05, 4.69) is 14.9 Å². The van der Waals surface area contributed by atoms with E-state index >= 15 is 0 Å². The van der Waals surface area contributed by atoms with Gasteiger partial charge in [-0.3, -0.25) is 0 Å². The van der Waals surface area contributed by atoms with E-state index in [0.29, 0.717) is 19.0 Å². The average Bonchev–Trinajstić information content (AvgIpc) is 3.40. The zero-order chi connectivity index (χ0) is 21.3. The maximum Gasteiger partial charge on any atom is 0.409 e. The van der Waals surface area contributed by atoms with Crippen molar-refractivity contribution in [3.05, 3.63) is 36.2 Å². The Bertz CT molecular complexity index is 1070. The summed E-state index contributed by atoms with van der Waals surface area (Å²) in [6.45, 7) is 5.62. The zero-order valence-corrected chi connectivity index (χ0v) is 17.7. The van der Waals surface area contributed by atoms with Gasteiger partial charge in [0.2, 0.25) is 5.88 Å². The van der Waals surface area contributed by atoms with Crippen LogP contribution in [0.25, 0.3) is 16.9 Å². The molecule has 4 heterocycles. The predicted molar refractivity (Wildman–Crippen MR) is 113 cm³/mol. The maximum absolute atomic E-state index is 12.0. The van der Waals surface area contributed by atoms with Gasteiger partial charge in [-0.2, -0.15) is 0 Å². The molecule has 9 nitrogen and oxygen atoms in total. The van der Waals surface area contributed by atoms with E-state index in [4.69, 9.17) is 14.6 Å². The Labute approximate surface area is 175 Å². The Morgan fingerprint density at radius 2 is 2.13 bits per heavy atom. The number of rotatable bonds is 5. The van der Waals surface area contributed by atoms with Gasteiger partial charge in [0, 0.05) is 25.8 Å². The van der Waals surface area contributed by atoms with Crippen molar-refractivity contribution in [2.45, 2.75) is 26.3 Å². The number of carbonyl (C=O) groups excluding carboxylic acids is 1. The summed E-state index contributed by atoms with van der Waals surface area (Å²) in [5, 5.41) is 4.83. The van der Waals surface area contributed by atoms with E-state index in [-0.39, 0.29) is 12.1 Å². The second-order valence-electron chi connectivity index (χ2n) is 7.31. The highest BCUT2D eigenvalue weighted by Gasteiger charge is 2.30. The number of carbonyl (C=O) groups is 1. The molecule has 1 aliphatic rings. The molecular formula is C21H26N6O3. The molecule has 158 valence electrons. The number of likely N-dealkylation sites (N-methyl/N-ethyl adjacent to an activating group) is 1. The van der Waals surface area contributed by atoms with Crippen LogP contribution in [0.15, 0.2) is 30.5 Å². The standard InChI is InChI=1S/C21H26N6O3/c1-5-30-21(28)25(3)15-10-11-26(13-15)19-9-8-18-22-12-17(27(18)24-19)16-7-6-14(2)23-20(16)29-4/h6-9,12,15H,5,10-11,13H2,1-4H3/t15-/m0/s1. The van der Waals surface area contributed by atoms with Crippen LogP contribution in [-0.4, -0.2) is 70.5 Å². The molecule has 30 heavy (non-hydrogen) atoms. The van der Waals surface area contributed by atoms with Crippen LogP contribution in [0.5, 0.6) is 5.88 Å². The number of fused-ring (bicyclic) bond motifs is 1. The third kappa shape index (κ3) is 3.62. The molecule has 1 fully saturated rings. The SMILES string of the molecule is CCOC(=O)N(C)[C@H]1CCN(c2ccc3ncc(-c4ccc(C)nc4OC)n3n2)C1. The summed E-state index contributed by atoms with van der Waals surface area (Å²) in [6.07, 6.45) is 2.35. The van der Waals surface area contributed by atoms with Gasteiger partial charge in [-0.05, 0) is 44.5 Å². The number of hydrogen-bond donors (Lipinski definition) is 0. The summed E-state index contributed by atoms with van der Waals surface area (Å²) in [7, 11) is 3.39. The summed E-state index contributed by atoms with van der Waals surface area (Å²) in [6, 6.07) is 7.91. The van der Waals surface area contributed by atoms with E-state index in [1.807, 2.05) is 42.6 Å². The molecule has 0 N–H and O–H groups in total. The Morgan fingerprint density at radius 1 is 1.30 bits per heavy atom. The first-order valence-electron chi connectivity index (χ1n) is 10.0. The van der Waals surface area contributed by atoms with Gasteiger partial charge in [-0.25, -0.2) is 19.3 Å². The number of aryl methyl sites for hydroxylation is 1. The second kappa shape index (κ2) is 8.17. The zero-order valence-electron chi connectivity index (χ0n) is 17.7. The monoisotopic (exact) mass is 410 g/mol. The lowest BCUT2D eigenvalue weighted by Crippen LogP contribution is -2.39. The molecule has 1 atom stereocenters. The van der Waals surface area contributed by atoms with Crippen molar-refractivity contribution >= 4 is 17.6 Å². The molecule has 0 spiro atoms. The van der Waals surface area contributed by atoms with Crippen LogP contribution in [0.1, 0.15) is 19.0 Å². The minimum Gasteiger partial charge on any atom is -0.480 e. The summed E-state index contributed by atoms with van der Waals surface area (Å²) in [5.41, 5.74) is 3.28. The number of aromatic nitrogens is 4. The van der Waals surface area contributed by atoms with Crippen LogP contribution in [0.2, 0.25) is 0 Å². The number of ether oxygens (including phenoxy) is 2. The van der Waals surface area contributed by atoms with Gasteiger partial charge in [0.25, 0.3) is 0 Å². The smallest absolute Gasteiger partial charge is 0.409 e. The quantitative estimate of drug-likeness (QED) is 0.639. The number of hydrogen-bond acceptors (Lipinski definition) is 7. The largest absolute Gasteiger partial charge is 0.480 e. The highest BCUT2D eigenvalue weighted by Crippen LogP contribution is 2.29. The molecule has 1 aliphatic heterocycles. The van der Waals surface area contributed by atoms with E-state index in [9.17, 15) is 4.79 Å². The highest BCUT2D eigenvalue weighted by molar-refractivity contribution is 5.69. The lowest BCUT2D eigenvalue weighted by molar-refractivity contribution is 0.105. The molecule has 0 unspecified atom stereocenters. The summed E-state index contributed by atoms with van der Waals surface area (Å²) >= 11 is 0. The molecule has 1 amide bonds. The maximum atomic E-state index is 12.0. The lowest BCUT2D eigenvalue weighted by Gasteiger charge is -2.24. The molecule has 0 aromatic carbocycles. The number of nitrogens with zero attached hydrogens (tertiary/aromatic N) is 6. The Kier molecular flexibility index (Phi) is 5.43. The fourth-order valence-corrected chi connectivity index (χ4v) is 3.74. The molecule has 3 aromatic rings. The molecule has 0 aliphatic carbocycles. The van der Waals surface area contributed by atoms with Gasteiger partial charge in [-0.15, -0.1) is 5.10 Å². The molecule has 4 rings (SSSR count). The van der Waals surface area contributed by atoms with Crippen LogP contribution in [0.4, 0.5) is 10.6 Å². The number of pyridine rings is 1. The summed E-state index contributed by atoms with van der Waals surface area (Å²) < 4.78 is 12.4. The van der Waals surface area contributed by atoms with Crippen LogP contribution in [0.3, 0.4) is 0 Å². The molecule has 3 aromatic heterocycles. The van der Waals surface area contributed by atoms with Crippen LogP contribution >= 0.6 is 0 Å². The van der Waals surface area contributed by atoms with Crippen molar-refractivity contribution in [3.63, 3.8) is 0 Å². The Hall–Kier alpha value is -3.36. The normalized spacial score (nSPS) is 16.1. The van der Waals surface area contributed by atoms with E-state index < -0.39 is 0 Å². The fraction of sp³-hybridized carbons (Fsp3) is 0.429. The summed E-state index contributed by atoms with van der Waals surface area (Å²) in [5.74, 6) is 1.38. The van der Waals surface area contributed by atoms with Gasteiger partial charge < -0.3 is 19.3 Å². The topological polar surface area (TPSA) is 85.1 Å². The minimum absolute atomic E-state index is 0.0881. The van der Waals surface area contributed by atoms with Gasteiger partial charge in [-0.1, -0.05) is 0 Å². The molecular weight excluding hydrogens is 384 g/mol. The van der Waals surface area contributed by atoms with Crippen molar-refractivity contribution in [1.82, 2.24) is 24.5 Å². The first-order valence-corrected chi connectivity index (χ1v) is 10.0. The second-order valence-corrected chi connectivity index (χ2v) is 7.31. The van der Waals surface area contributed by atoms with Gasteiger partial charge in [0.05, 0.1) is 37.2 Å². The van der Waals surface area contributed by atoms with Crippen molar-refractivity contribution in [2.75, 3.05) is 38.8 Å². The van der Waals surface area contributed by atoms with Gasteiger partial charge in [0.15, 0.2) is 5.65 Å². The summed E-state index contributed by atoms with van der Waals surface area (Å²) in [4.78, 5) is 24.8. The number of amides is 1. The lowest BCUT2D eigenvalue weighted by atomic mass is 10.2. The third-order valence-electron chi connectivity index (χ3n) is 5.41. The number of imidazole rings is 1. The Balaban J connectivity index is 1.62. The number of methoxy groups -OCH3 is 1. The van der Waals surface area contributed by atoms with Crippen LogP contribution in [0, 0.1) is 6.92 Å². The van der Waals surface area contributed by atoms with Crippen molar-refractivity contribution in [1.29, 1.82) is 0 Å². The fourth-order valence-electron chi connectivity index (χ4n) is 3.74. The predicted octanol–water partition coefficient (Wildman–Crippen LogP) is 2.78. The molecule has 0 radical (unpaired) electrons. The average molecular weight is 410 g/mol. The highest BCUT2D eigenvalue weighted by atomic mass is 16.6. The first-order chi connectivity index (χ1) is 14.5. The minimum atomic E-state index is -0.288. The molecule has 1 saturated heterocycles. The third-order valence-corrected chi connectivity index (χ3v) is 5.41. The van der Waals surface area contributed by atoms with Gasteiger partial charge in [0.1, 0.15) is 5.82 Å². The van der Waals surface area contributed by atoms with Crippen molar-refractivity contribution < 1.29 is 14.3 Å². The van der Waals surface area contributed by atoms with Crippen LogP contribution < -0.4 is 9.64 Å². The number of anilines is 1.